The minimum Gasteiger partial charge on any atom is -0.316 e. The minimum atomic E-state index is 0.352. The number of nitrogens with one attached hydrogen (secondary N) is 1. The molecular weight excluding hydrogens is 302 g/mol. The highest BCUT2D eigenvalue weighted by Gasteiger charge is 2.15. The summed E-state index contributed by atoms with van der Waals surface area (Å²) in [5.74, 6) is 1.16. The van der Waals surface area contributed by atoms with Gasteiger partial charge in [-0.2, -0.15) is 11.8 Å². The molecule has 0 aromatic carbocycles. The van der Waals surface area contributed by atoms with Crippen LogP contribution in [0.3, 0.4) is 0 Å². The Morgan fingerprint density at radius 2 is 2.12 bits per heavy atom. The van der Waals surface area contributed by atoms with Crippen molar-refractivity contribution in [2.45, 2.75) is 38.0 Å². The van der Waals surface area contributed by atoms with Crippen molar-refractivity contribution in [1.82, 2.24) is 5.32 Å². The van der Waals surface area contributed by atoms with Crippen molar-refractivity contribution in [3.05, 3.63) is 20.8 Å². The van der Waals surface area contributed by atoms with Crippen LogP contribution in [0.25, 0.3) is 0 Å². The third-order valence-corrected chi connectivity index (χ3v) is 5.28. The number of likely N-dealkylation sites (N-methyl/N-ethyl adjacent to an activating group) is 1. The van der Waals surface area contributed by atoms with Gasteiger partial charge in [0.1, 0.15) is 0 Å². The van der Waals surface area contributed by atoms with Gasteiger partial charge in [-0.25, -0.2) is 0 Å². The second-order valence-electron chi connectivity index (χ2n) is 4.82. The molecule has 0 spiro atoms. The van der Waals surface area contributed by atoms with Crippen LogP contribution in [0.1, 0.15) is 25.6 Å². The molecule has 1 nitrogen and oxygen atoms in total. The zero-order valence-electron chi connectivity index (χ0n) is 10.3. The van der Waals surface area contributed by atoms with Crippen molar-refractivity contribution in [2.75, 3.05) is 12.8 Å². The molecule has 1 aromatic heterocycles. The number of thioether (sulfide) groups is 1. The minimum absolute atomic E-state index is 0.352. The van der Waals surface area contributed by atoms with E-state index in [4.69, 9.17) is 0 Å². The molecule has 0 aliphatic rings. The van der Waals surface area contributed by atoms with E-state index in [0.717, 1.165) is 12.2 Å². The molecule has 1 unspecified atom stereocenters. The molecule has 4 heteroatoms. The van der Waals surface area contributed by atoms with Crippen LogP contribution >= 0.6 is 39.0 Å². The molecule has 0 saturated heterocycles. The second-order valence-corrected chi connectivity index (χ2v) is 9.21. The van der Waals surface area contributed by atoms with Gasteiger partial charge in [-0.3, -0.25) is 0 Å². The highest BCUT2D eigenvalue weighted by Crippen LogP contribution is 2.27. The Morgan fingerprint density at radius 3 is 2.56 bits per heavy atom. The van der Waals surface area contributed by atoms with Crippen LogP contribution in [0, 0.1) is 0 Å². The second kappa shape index (κ2) is 6.43. The molecular formula is C12H20BrNS2. The fourth-order valence-electron chi connectivity index (χ4n) is 1.30. The molecule has 16 heavy (non-hydrogen) atoms. The maximum atomic E-state index is 3.51. The van der Waals surface area contributed by atoms with Crippen molar-refractivity contribution in [2.24, 2.45) is 0 Å². The number of hydrogen-bond donors (Lipinski definition) is 1. The average molecular weight is 322 g/mol. The van der Waals surface area contributed by atoms with Gasteiger partial charge in [0.05, 0.1) is 3.79 Å². The van der Waals surface area contributed by atoms with E-state index in [0.29, 0.717) is 10.8 Å². The third-order valence-electron chi connectivity index (χ3n) is 2.20. The Labute approximate surface area is 116 Å². The summed E-state index contributed by atoms with van der Waals surface area (Å²) in [7, 11) is 2.05. The Hall–Kier alpha value is 0.490. The summed E-state index contributed by atoms with van der Waals surface area (Å²) >= 11 is 7.36. The molecule has 0 fully saturated rings. The molecule has 0 aliphatic heterocycles. The van der Waals surface area contributed by atoms with Crippen molar-refractivity contribution < 1.29 is 0 Å². The lowest BCUT2D eigenvalue weighted by molar-refractivity contribution is 0.618. The van der Waals surface area contributed by atoms with Gasteiger partial charge in [-0.1, -0.05) is 20.8 Å². The molecule has 92 valence electrons. The number of thiophene rings is 1. The summed E-state index contributed by atoms with van der Waals surface area (Å²) in [5.41, 5.74) is 0. The summed E-state index contributed by atoms with van der Waals surface area (Å²) in [6.07, 6.45) is 1.12. The largest absolute Gasteiger partial charge is 0.316 e. The molecule has 1 aromatic rings. The smallest absolute Gasteiger partial charge is 0.0701 e. The first-order valence-corrected chi connectivity index (χ1v) is 8.05. The van der Waals surface area contributed by atoms with E-state index in [9.17, 15) is 0 Å². The number of rotatable bonds is 5. The summed E-state index contributed by atoms with van der Waals surface area (Å²) in [4.78, 5) is 1.45. The summed E-state index contributed by atoms with van der Waals surface area (Å²) in [6, 6.07) is 4.90. The third kappa shape index (κ3) is 5.71. The summed E-state index contributed by atoms with van der Waals surface area (Å²) in [5, 5.41) is 3.40. The topological polar surface area (TPSA) is 12.0 Å². The molecule has 1 heterocycles. The SMILES string of the molecule is CNC(CSC(C)(C)C)Cc1ccc(Br)s1. The molecule has 0 amide bonds. The van der Waals surface area contributed by atoms with Crippen LogP contribution < -0.4 is 5.32 Å². The quantitative estimate of drug-likeness (QED) is 0.873. The first-order valence-electron chi connectivity index (χ1n) is 5.46. The van der Waals surface area contributed by atoms with E-state index in [-0.39, 0.29) is 0 Å². The van der Waals surface area contributed by atoms with Gasteiger partial charge < -0.3 is 5.32 Å². The Kier molecular flexibility index (Phi) is 5.85. The lowest BCUT2D eigenvalue weighted by Gasteiger charge is -2.22. The van der Waals surface area contributed by atoms with E-state index in [1.54, 1.807) is 0 Å². The van der Waals surface area contributed by atoms with Crippen LogP contribution in [0.4, 0.5) is 0 Å². The molecule has 1 atom stereocenters. The van der Waals surface area contributed by atoms with E-state index in [1.807, 2.05) is 23.1 Å². The molecule has 0 radical (unpaired) electrons. The van der Waals surface area contributed by atoms with Gasteiger partial charge in [0, 0.05) is 21.4 Å². The number of halogens is 1. The van der Waals surface area contributed by atoms with Gasteiger partial charge in [-0.05, 0) is 41.5 Å². The Bertz CT molecular complexity index is 317. The Morgan fingerprint density at radius 1 is 1.44 bits per heavy atom. The lowest BCUT2D eigenvalue weighted by atomic mass is 10.2. The van der Waals surface area contributed by atoms with Gasteiger partial charge in [0.2, 0.25) is 0 Å². The van der Waals surface area contributed by atoms with Crippen LogP contribution in [0.15, 0.2) is 15.9 Å². The first-order chi connectivity index (χ1) is 7.40. The fourth-order valence-corrected chi connectivity index (χ4v) is 3.85. The van der Waals surface area contributed by atoms with Crippen LogP contribution in [-0.4, -0.2) is 23.6 Å². The normalized spacial score (nSPS) is 14.1. The van der Waals surface area contributed by atoms with E-state index in [1.165, 1.54) is 8.66 Å². The predicted molar refractivity (Wildman–Crippen MR) is 80.8 cm³/mol. The maximum Gasteiger partial charge on any atom is 0.0701 e. The standard InChI is InChI=1S/C12H20BrNS2/c1-12(2,3)15-8-9(14-4)7-10-5-6-11(13)16-10/h5-6,9,14H,7-8H2,1-4H3. The van der Waals surface area contributed by atoms with Crippen molar-refractivity contribution in [3.8, 4) is 0 Å². The highest BCUT2D eigenvalue weighted by atomic mass is 79.9. The number of hydrogen-bond acceptors (Lipinski definition) is 3. The molecule has 1 N–H and O–H groups in total. The molecule has 1 rings (SSSR count). The monoisotopic (exact) mass is 321 g/mol. The summed E-state index contributed by atoms with van der Waals surface area (Å²) in [6.45, 7) is 6.81. The zero-order valence-corrected chi connectivity index (χ0v) is 13.6. The highest BCUT2D eigenvalue weighted by molar-refractivity contribution is 9.11. The fraction of sp³-hybridized carbons (Fsp3) is 0.667. The van der Waals surface area contributed by atoms with E-state index < -0.39 is 0 Å². The zero-order chi connectivity index (χ0) is 12.2. The van der Waals surface area contributed by atoms with Crippen LogP contribution in [-0.2, 0) is 6.42 Å². The van der Waals surface area contributed by atoms with E-state index in [2.05, 4.69) is 61.2 Å². The van der Waals surface area contributed by atoms with E-state index >= 15 is 0 Å². The van der Waals surface area contributed by atoms with Crippen molar-refractivity contribution in [1.29, 1.82) is 0 Å². The summed E-state index contributed by atoms with van der Waals surface area (Å²) < 4.78 is 1.58. The van der Waals surface area contributed by atoms with Crippen molar-refractivity contribution in [3.63, 3.8) is 0 Å². The molecule has 0 saturated carbocycles. The van der Waals surface area contributed by atoms with Crippen LogP contribution in [0.5, 0.6) is 0 Å². The van der Waals surface area contributed by atoms with Crippen molar-refractivity contribution >= 4 is 39.0 Å². The first kappa shape index (κ1) is 14.6. The maximum absolute atomic E-state index is 3.51. The van der Waals surface area contributed by atoms with Crippen LogP contribution in [0.2, 0.25) is 0 Å². The lowest BCUT2D eigenvalue weighted by Crippen LogP contribution is -2.31. The van der Waals surface area contributed by atoms with Gasteiger partial charge >= 0.3 is 0 Å². The van der Waals surface area contributed by atoms with Gasteiger partial charge in [-0.15, -0.1) is 11.3 Å². The average Bonchev–Trinajstić information content (AvgIpc) is 2.57. The molecule has 0 bridgehead atoms. The predicted octanol–water partition coefficient (Wildman–Crippen LogP) is 4.17. The van der Waals surface area contributed by atoms with Gasteiger partial charge in [0.25, 0.3) is 0 Å². The molecule has 0 aliphatic carbocycles. The van der Waals surface area contributed by atoms with Gasteiger partial charge in [0.15, 0.2) is 0 Å². The Balaban J connectivity index is 2.43.